The van der Waals surface area contributed by atoms with Gasteiger partial charge in [-0.25, -0.2) is 0 Å². The lowest BCUT2D eigenvalue weighted by Gasteiger charge is -2.22. The van der Waals surface area contributed by atoms with Gasteiger partial charge in [0.1, 0.15) is 0 Å². The van der Waals surface area contributed by atoms with Gasteiger partial charge in [0.2, 0.25) is 5.91 Å². The molecule has 0 heterocycles. The average molecular weight is 919 g/mol. The van der Waals surface area contributed by atoms with E-state index in [1.54, 1.807) is 0 Å². The monoisotopic (exact) mass is 918 g/mol. The Bertz CT molecular complexity index is 970. The van der Waals surface area contributed by atoms with Crippen LogP contribution in [0.15, 0.2) is 12.2 Å². The van der Waals surface area contributed by atoms with Crippen LogP contribution in [0.1, 0.15) is 328 Å². The second-order valence-electron chi connectivity index (χ2n) is 20.3. The first-order chi connectivity index (χ1) is 32.0. The van der Waals surface area contributed by atoms with Crippen LogP contribution in [-0.4, -0.2) is 47.4 Å². The van der Waals surface area contributed by atoms with Crippen LogP contribution in [0.3, 0.4) is 0 Å². The summed E-state index contributed by atoms with van der Waals surface area (Å²) in [6.45, 7) is 4.95. The van der Waals surface area contributed by atoms with Crippen LogP contribution in [0.2, 0.25) is 0 Å². The minimum atomic E-state index is -0.661. The van der Waals surface area contributed by atoms with E-state index in [0.29, 0.717) is 25.9 Å². The van der Waals surface area contributed by atoms with Crippen molar-refractivity contribution < 1.29 is 24.5 Å². The number of aliphatic hydroxyl groups is 2. The van der Waals surface area contributed by atoms with E-state index in [2.05, 4.69) is 31.3 Å². The van der Waals surface area contributed by atoms with Gasteiger partial charge in [-0.1, -0.05) is 276 Å². The maximum Gasteiger partial charge on any atom is 0.305 e. The second-order valence-corrected chi connectivity index (χ2v) is 20.3. The molecule has 0 saturated carbocycles. The third-order valence-corrected chi connectivity index (χ3v) is 13.8. The molecule has 2 atom stereocenters. The Morgan fingerprint density at radius 1 is 0.415 bits per heavy atom. The molecule has 0 bridgehead atoms. The molecule has 0 aromatic rings. The number of aliphatic hydroxyl groups excluding tert-OH is 2. The fourth-order valence-electron chi connectivity index (χ4n) is 9.28. The molecular formula is C59H115NO5. The van der Waals surface area contributed by atoms with E-state index in [-0.39, 0.29) is 18.5 Å². The van der Waals surface area contributed by atoms with Crippen molar-refractivity contribution in [1.82, 2.24) is 5.32 Å². The summed E-state index contributed by atoms with van der Waals surface area (Å²) in [4.78, 5) is 24.5. The Kier molecular flexibility index (Phi) is 54.0. The highest BCUT2D eigenvalue weighted by atomic mass is 16.5. The van der Waals surface area contributed by atoms with Gasteiger partial charge in [-0.05, 0) is 51.4 Å². The maximum absolute atomic E-state index is 12.4. The summed E-state index contributed by atoms with van der Waals surface area (Å²) in [6.07, 6.45) is 65.0. The van der Waals surface area contributed by atoms with Gasteiger partial charge < -0.3 is 20.3 Å². The maximum atomic E-state index is 12.4. The number of amides is 1. The number of carbonyl (C=O) groups is 2. The van der Waals surface area contributed by atoms with Crippen LogP contribution < -0.4 is 5.32 Å². The number of unbranched alkanes of at least 4 members (excludes halogenated alkanes) is 42. The summed E-state index contributed by atoms with van der Waals surface area (Å²) in [5.74, 6) is -0.0281. The lowest BCUT2D eigenvalue weighted by Crippen LogP contribution is -2.45. The van der Waals surface area contributed by atoms with Crippen molar-refractivity contribution in [3.63, 3.8) is 0 Å². The topological polar surface area (TPSA) is 95.9 Å². The number of carbonyl (C=O) groups excluding carboxylic acids is 2. The molecule has 3 N–H and O–H groups in total. The minimum absolute atomic E-state index is 0.00621. The van der Waals surface area contributed by atoms with Crippen molar-refractivity contribution in [3.8, 4) is 0 Å². The summed E-state index contributed by atoms with van der Waals surface area (Å²) >= 11 is 0. The van der Waals surface area contributed by atoms with E-state index in [0.717, 1.165) is 44.9 Å². The van der Waals surface area contributed by atoms with Crippen LogP contribution in [0, 0.1) is 0 Å². The van der Waals surface area contributed by atoms with E-state index in [1.165, 1.54) is 250 Å². The van der Waals surface area contributed by atoms with Gasteiger partial charge in [0, 0.05) is 12.8 Å². The molecule has 0 aliphatic heterocycles. The molecule has 1 amide bonds. The molecule has 65 heavy (non-hydrogen) atoms. The standard InChI is InChI=1S/C59H115NO5/c1-3-5-7-9-11-13-15-16-29-33-37-41-45-49-53-59(64)65-54-50-46-42-38-34-30-27-25-23-21-19-17-18-20-22-24-26-28-32-36-40-44-48-52-58(63)60-56(55-61)57(62)51-47-43-39-35-31-14-12-10-8-6-4-2/h15-16,56-57,61-62H,3-14,17-55H2,1-2H3,(H,60,63)/b16-15-. The summed E-state index contributed by atoms with van der Waals surface area (Å²) in [5, 5.41) is 23.2. The van der Waals surface area contributed by atoms with E-state index in [1.807, 2.05) is 0 Å². The second kappa shape index (κ2) is 55.2. The van der Waals surface area contributed by atoms with Crippen molar-refractivity contribution >= 4 is 11.9 Å². The highest BCUT2D eigenvalue weighted by molar-refractivity contribution is 5.76. The summed E-state index contributed by atoms with van der Waals surface area (Å²) in [5.41, 5.74) is 0. The third-order valence-electron chi connectivity index (χ3n) is 13.8. The Balaban J connectivity index is 3.35. The lowest BCUT2D eigenvalue weighted by molar-refractivity contribution is -0.143. The van der Waals surface area contributed by atoms with Crippen LogP contribution in [-0.2, 0) is 14.3 Å². The van der Waals surface area contributed by atoms with Crippen LogP contribution >= 0.6 is 0 Å². The van der Waals surface area contributed by atoms with Crippen molar-refractivity contribution in [2.75, 3.05) is 13.2 Å². The van der Waals surface area contributed by atoms with Crippen LogP contribution in [0.25, 0.3) is 0 Å². The molecule has 0 aliphatic rings. The molecule has 6 nitrogen and oxygen atoms in total. The summed E-state index contributed by atoms with van der Waals surface area (Å²) in [6, 6.07) is -0.539. The Morgan fingerprint density at radius 3 is 1.09 bits per heavy atom. The molecule has 0 fully saturated rings. The molecular weight excluding hydrogens is 803 g/mol. The fraction of sp³-hybridized carbons (Fsp3) is 0.932. The van der Waals surface area contributed by atoms with Crippen LogP contribution in [0.5, 0.6) is 0 Å². The largest absolute Gasteiger partial charge is 0.466 e. The molecule has 0 radical (unpaired) electrons. The third kappa shape index (κ3) is 51.8. The smallest absolute Gasteiger partial charge is 0.305 e. The zero-order valence-corrected chi connectivity index (χ0v) is 44.0. The SMILES string of the molecule is CCCCCCC/C=C\CCCCCCCC(=O)OCCCCCCCCCCCCCCCCCCCCCCCCCC(=O)NC(CO)C(O)CCCCCCCCCCCCC. The van der Waals surface area contributed by atoms with Gasteiger partial charge in [0.05, 0.1) is 25.4 Å². The first-order valence-corrected chi connectivity index (χ1v) is 29.4. The molecule has 0 saturated heterocycles. The van der Waals surface area contributed by atoms with E-state index in [9.17, 15) is 19.8 Å². The predicted molar refractivity (Wildman–Crippen MR) is 283 cm³/mol. The van der Waals surface area contributed by atoms with Crippen LogP contribution in [0.4, 0.5) is 0 Å². The van der Waals surface area contributed by atoms with Crippen molar-refractivity contribution in [1.29, 1.82) is 0 Å². The molecule has 0 aliphatic carbocycles. The average Bonchev–Trinajstić information content (AvgIpc) is 3.31. The highest BCUT2D eigenvalue weighted by Gasteiger charge is 2.20. The Hall–Kier alpha value is -1.40. The first-order valence-electron chi connectivity index (χ1n) is 29.4. The van der Waals surface area contributed by atoms with Gasteiger partial charge in [0.15, 0.2) is 0 Å². The lowest BCUT2D eigenvalue weighted by atomic mass is 10.0. The number of hydrogen-bond acceptors (Lipinski definition) is 5. The van der Waals surface area contributed by atoms with Gasteiger partial charge in [0.25, 0.3) is 0 Å². The molecule has 0 aromatic carbocycles. The molecule has 6 heteroatoms. The predicted octanol–water partition coefficient (Wildman–Crippen LogP) is 18.1. The first kappa shape index (κ1) is 63.6. The molecule has 0 aromatic heterocycles. The van der Waals surface area contributed by atoms with Gasteiger partial charge in [-0.2, -0.15) is 0 Å². The number of ether oxygens (including phenoxy) is 1. The van der Waals surface area contributed by atoms with Crippen molar-refractivity contribution in [2.24, 2.45) is 0 Å². The number of rotatable bonds is 55. The molecule has 386 valence electrons. The summed E-state index contributed by atoms with van der Waals surface area (Å²) < 4.78 is 5.48. The number of nitrogens with one attached hydrogen (secondary N) is 1. The fourth-order valence-corrected chi connectivity index (χ4v) is 9.28. The normalized spacial score (nSPS) is 12.6. The summed E-state index contributed by atoms with van der Waals surface area (Å²) in [7, 11) is 0. The zero-order valence-electron chi connectivity index (χ0n) is 44.0. The number of hydrogen-bond donors (Lipinski definition) is 3. The van der Waals surface area contributed by atoms with Gasteiger partial charge >= 0.3 is 5.97 Å². The number of esters is 1. The zero-order chi connectivity index (χ0) is 47.2. The van der Waals surface area contributed by atoms with E-state index < -0.39 is 12.1 Å². The Morgan fingerprint density at radius 2 is 0.723 bits per heavy atom. The van der Waals surface area contributed by atoms with Gasteiger partial charge in [-0.15, -0.1) is 0 Å². The van der Waals surface area contributed by atoms with E-state index >= 15 is 0 Å². The van der Waals surface area contributed by atoms with Gasteiger partial charge in [-0.3, -0.25) is 9.59 Å². The highest BCUT2D eigenvalue weighted by Crippen LogP contribution is 2.18. The Labute approximate surface area is 406 Å². The van der Waals surface area contributed by atoms with Crippen molar-refractivity contribution in [3.05, 3.63) is 12.2 Å². The molecule has 2 unspecified atom stereocenters. The molecule has 0 spiro atoms. The van der Waals surface area contributed by atoms with Crippen molar-refractivity contribution in [2.45, 2.75) is 341 Å². The quantitative estimate of drug-likeness (QED) is 0.0321. The number of allylic oxidation sites excluding steroid dienone is 2. The molecule has 0 rings (SSSR count). The minimum Gasteiger partial charge on any atom is -0.466 e. The van der Waals surface area contributed by atoms with E-state index in [4.69, 9.17) is 4.74 Å².